The first kappa shape index (κ1) is 12.0. The average Bonchev–Trinajstić information content (AvgIpc) is 2.32. The number of benzene rings is 2. The van der Waals surface area contributed by atoms with Crippen molar-refractivity contribution in [2.45, 2.75) is 6.92 Å². The first-order valence-electron chi connectivity index (χ1n) is 5.58. The van der Waals surface area contributed by atoms with E-state index >= 15 is 0 Å². The van der Waals surface area contributed by atoms with Crippen molar-refractivity contribution in [2.24, 2.45) is 0 Å². The molecule has 0 aliphatic heterocycles. The van der Waals surface area contributed by atoms with Crippen LogP contribution in [-0.4, -0.2) is 11.1 Å². The smallest absolute Gasteiger partial charge is 0.323 e. The van der Waals surface area contributed by atoms with Gasteiger partial charge in [-0.05, 0) is 30.7 Å². The Morgan fingerprint density at radius 2 is 1.83 bits per heavy atom. The monoisotopic (exact) mass is 242 g/mol. The van der Waals surface area contributed by atoms with Crippen LogP contribution in [-0.2, 0) is 0 Å². The van der Waals surface area contributed by atoms with Crippen molar-refractivity contribution >= 4 is 17.4 Å². The SMILES string of the molecule is Cc1ccccc1NC(=O)Nc1cccc(O)c1. The number of phenolic OH excluding ortho intramolecular Hbond substituents is 1. The zero-order valence-corrected chi connectivity index (χ0v) is 9.97. The number of rotatable bonds is 2. The predicted molar refractivity (Wildman–Crippen MR) is 71.9 cm³/mol. The third kappa shape index (κ3) is 3.01. The third-order valence-electron chi connectivity index (χ3n) is 2.50. The van der Waals surface area contributed by atoms with E-state index in [9.17, 15) is 9.90 Å². The molecule has 0 saturated carbocycles. The molecule has 0 radical (unpaired) electrons. The van der Waals surface area contributed by atoms with E-state index in [0.29, 0.717) is 5.69 Å². The summed E-state index contributed by atoms with van der Waals surface area (Å²) in [7, 11) is 0. The van der Waals surface area contributed by atoms with Gasteiger partial charge in [0.1, 0.15) is 5.75 Å². The molecule has 2 amide bonds. The normalized spacial score (nSPS) is 9.83. The number of nitrogens with one attached hydrogen (secondary N) is 2. The maximum absolute atomic E-state index is 11.7. The number of hydrogen-bond donors (Lipinski definition) is 3. The molecule has 0 atom stereocenters. The van der Waals surface area contributed by atoms with Crippen LogP contribution in [0.15, 0.2) is 48.5 Å². The summed E-state index contributed by atoms with van der Waals surface area (Å²) in [5.41, 5.74) is 2.29. The van der Waals surface area contributed by atoms with E-state index in [1.54, 1.807) is 18.2 Å². The van der Waals surface area contributed by atoms with Crippen LogP contribution in [0, 0.1) is 6.92 Å². The van der Waals surface area contributed by atoms with Crippen LogP contribution in [0.1, 0.15) is 5.56 Å². The molecule has 0 aromatic heterocycles. The molecule has 0 aliphatic carbocycles. The third-order valence-corrected chi connectivity index (χ3v) is 2.50. The summed E-state index contributed by atoms with van der Waals surface area (Å²) < 4.78 is 0. The second-order valence-corrected chi connectivity index (χ2v) is 3.94. The number of aryl methyl sites for hydroxylation is 1. The summed E-state index contributed by atoms with van der Waals surface area (Å²) in [4.78, 5) is 11.7. The van der Waals surface area contributed by atoms with Crippen molar-refractivity contribution in [1.29, 1.82) is 0 Å². The minimum Gasteiger partial charge on any atom is -0.508 e. The van der Waals surface area contributed by atoms with Crippen LogP contribution < -0.4 is 10.6 Å². The number of hydrogen-bond acceptors (Lipinski definition) is 2. The van der Waals surface area contributed by atoms with Crippen molar-refractivity contribution < 1.29 is 9.90 Å². The lowest BCUT2D eigenvalue weighted by molar-refractivity contribution is 0.262. The standard InChI is InChI=1S/C14H14N2O2/c1-10-5-2-3-8-13(10)16-14(18)15-11-6-4-7-12(17)9-11/h2-9,17H,1H3,(H2,15,16,18). The second kappa shape index (κ2) is 5.23. The van der Waals surface area contributed by atoms with Gasteiger partial charge in [0.15, 0.2) is 0 Å². The van der Waals surface area contributed by atoms with E-state index < -0.39 is 0 Å². The minimum absolute atomic E-state index is 0.115. The lowest BCUT2D eigenvalue weighted by Gasteiger charge is -2.09. The molecular formula is C14H14N2O2. The highest BCUT2D eigenvalue weighted by Gasteiger charge is 2.04. The minimum atomic E-state index is -0.338. The van der Waals surface area contributed by atoms with Crippen LogP contribution in [0.25, 0.3) is 0 Å². The maximum Gasteiger partial charge on any atom is 0.323 e. The number of amides is 2. The fourth-order valence-electron chi connectivity index (χ4n) is 1.58. The molecule has 2 rings (SSSR count). The molecule has 3 N–H and O–H groups in total. The van der Waals surface area contributed by atoms with Gasteiger partial charge < -0.3 is 15.7 Å². The highest BCUT2D eigenvalue weighted by molar-refractivity contribution is 6.00. The molecule has 0 unspecified atom stereocenters. The van der Waals surface area contributed by atoms with Gasteiger partial charge in [0.25, 0.3) is 0 Å². The molecule has 0 fully saturated rings. The predicted octanol–water partition coefficient (Wildman–Crippen LogP) is 3.34. The Morgan fingerprint density at radius 3 is 2.56 bits per heavy atom. The van der Waals surface area contributed by atoms with Gasteiger partial charge >= 0.3 is 6.03 Å². The fourth-order valence-corrected chi connectivity index (χ4v) is 1.58. The molecule has 0 aliphatic rings. The van der Waals surface area contributed by atoms with E-state index in [0.717, 1.165) is 11.3 Å². The van der Waals surface area contributed by atoms with Crippen molar-refractivity contribution in [3.63, 3.8) is 0 Å². The van der Waals surface area contributed by atoms with Crippen LogP contribution >= 0.6 is 0 Å². The number of urea groups is 1. The Bertz CT molecular complexity index is 567. The highest BCUT2D eigenvalue weighted by Crippen LogP contribution is 2.17. The Hall–Kier alpha value is -2.49. The van der Waals surface area contributed by atoms with E-state index in [2.05, 4.69) is 10.6 Å². The molecular weight excluding hydrogens is 228 g/mol. The maximum atomic E-state index is 11.7. The van der Waals surface area contributed by atoms with Gasteiger partial charge in [0.05, 0.1) is 0 Å². The lowest BCUT2D eigenvalue weighted by Crippen LogP contribution is -2.19. The zero-order chi connectivity index (χ0) is 13.0. The highest BCUT2D eigenvalue weighted by atomic mass is 16.3. The first-order valence-corrected chi connectivity index (χ1v) is 5.58. The Morgan fingerprint density at radius 1 is 1.06 bits per heavy atom. The number of carbonyl (C=O) groups excluding carboxylic acids is 1. The van der Waals surface area contributed by atoms with Gasteiger partial charge in [0, 0.05) is 17.4 Å². The molecule has 2 aromatic rings. The molecule has 0 saturated heterocycles. The molecule has 4 nitrogen and oxygen atoms in total. The van der Waals surface area contributed by atoms with Gasteiger partial charge in [-0.25, -0.2) is 4.79 Å². The molecule has 18 heavy (non-hydrogen) atoms. The van der Waals surface area contributed by atoms with E-state index in [1.807, 2.05) is 31.2 Å². The van der Waals surface area contributed by atoms with Crippen molar-refractivity contribution in [1.82, 2.24) is 0 Å². The summed E-state index contributed by atoms with van der Waals surface area (Å²) in [6.45, 7) is 1.92. The first-order chi connectivity index (χ1) is 8.65. The summed E-state index contributed by atoms with van der Waals surface area (Å²) in [5, 5.41) is 14.7. The number of phenols is 1. The average molecular weight is 242 g/mol. The quantitative estimate of drug-likeness (QED) is 0.756. The van der Waals surface area contributed by atoms with Crippen molar-refractivity contribution in [2.75, 3.05) is 10.6 Å². The molecule has 2 aromatic carbocycles. The molecule has 0 heterocycles. The number of aromatic hydroxyl groups is 1. The number of anilines is 2. The van der Waals surface area contributed by atoms with Crippen molar-refractivity contribution in [3.8, 4) is 5.75 Å². The van der Waals surface area contributed by atoms with Crippen LogP contribution in [0.4, 0.5) is 16.2 Å². The van der Waals surface area contributed by atoms with Gasteiger partial charge in [-0.1, -0.05) is 24.3 Å². The van der Waals surface area contributed by atoms with Gasteiger partial charge in [-0.15, -0.1) is 0 Å². The molecule has 92 valence electrons. The Balaban J connectivity index is 2.03. The summed E-state index contributed by atoms with van der Waals surface area (Å²) >= 11 is 0. The second-order valence-electron chi connectivity index (χ2n) is 3.94. The molecule has 0 bridgehead atoms. The van der Waals surface area contributed by atoms with Crippen LogP contribution in [0.5, 0.6) is 5.75 Å². The van der Waals surface area contributed by atoms with E-state index in [1.165, 1.54) is 6.07 Å². The van der Waals surface area contributed by atoms with Gasteiger partial charge in [0.2, 0.25) is 0 Å². The van der Waals surface area contributed by atoms with Crippen LogP contribution in [0.3, 0.4) is 0 Å². The summed E-state index contributed by atoms with van der Waals surface area (Å²) in [5.74, 6) is 0.115. The van der Waals surface area contributed by atoms with Crippen molar-refractivity contribution in [3.05, 3.63) is 54.1 Å². The fraction of sp³-hybridized carbons (Fsp3) is 0.0714. The topological polar surface area (TPSA) is 61.4 Å². The van der Waals surface area contributed by atoms with E-state index in [4.69, 9.17) is 0 Å². The number of carbonyl (C=O) groups is 1. The molecule has 4 heteroatoms. The van der Waals surface area contributed by atoms with Gasteiger partial charge in [-0.2, -0.15) is 0 Å². The Labute approximate surface area is 105 Å². The van der Waals surface area contributed by atoms with E-state index in [-0.39, 0.29) is 11.8 Å². The lowest BCUT2D eigenvalue weighted by atomic mass is 10.2. The van der Waals surface area contributed by atoms with Gasteiger partial charge in [-0.3, -0.25) is 0 Å². The summed E-state index contributed by atoms with van der Waals surface area (Å²) in [6.07, 6.45) is 0. The largest absolute Gasteiger partial charge is 0.508 e. The number of para-hydroxylation sites is 1. The zero-order valence-electron chi connectivity index (χ0n) is 9.97. The summed E-state index contributed by atoms with van der Waals surface area (Å²) in [6, 6.07) is 13.6. The molecule has 0 spiro atoms. The Kier molecular flexibility index (Phi) is 3.48. The van der Waals surface area contributed by atoms with Crippen LogP contribution in [0.2, 0.25) is 0 Å².